The first-order valence-electron chi connectivity index (χ1n) is 6.62. The quantitative estimate of drug-likeness (QED) is 0.823. The number of rotatable bonds is 2. The highest BCUT2D eigenvalue weighted by molar-refractivity contribution is 6.61. The molecule has 106 valence electrons. The van der Waals surface area contributed by atoms with Gasteiger partial charge in [-0.05, 0) is 46.8 Å². The number of aromatic nitrogens is 1. The van der Waals surface area contributed by atoms with Gasteiger partial charge in [0, 0.05) is 0 Å². The average molecular weight is 274 g/mol. The first kappa shape index (κ1) is 15.0. The third-order valence-electron chi connectivity index (χ3n) is 3.92. The van der Waals surface area contributed by atoms with Gasteiger partial charge < -0.3 is 14.4 Å². The number of pyridine rings is 1. The lowest BCUT2D eigenvalue weighted by atomic mass is 9.83. The fraction of sp³-hybridized carbons (Fsp3) is 0.571. The van der Waals surface area contributed by atoms with Crippen molar-refractivity contribution in [1.29, 1.82) is 5.26 Å². The van der Waals surface area contributed by atoms with E-state index in [1.807, 2.05) is 27.7 Å². The van der Waals surface area contributed by atoms with E-state index in [9.17, 15) is 5.11 Å². The van der Waals surface area contributed by atoms with E-state index >= 15 is 0 Å². The zero-order valence-corrected chi connectivity index (χ0v) is 12.5. The highest BCUT2D eigenvalue weighted by atomic mass is 16.7. The minimum atomic E-state index is -0.746. The molecule has 1 N–H and O–H groups in total. The van der Waals surface area contributed by atoms with E-state index in [0.717, 1.165) is 0 Å². The van der Waals surface area contributed by atoms with Gasteiger partial charge in [-0.15, -0.1) is 0 Å². The Hall–Kier alpha value is -1.42. The van der Waals surface area contributed by atoms with E-state index in [1.54, 1.807) is 19.1 Å². The van der Waals surface area contributed by atoms with Gasteiger partial charge >= 0.3 is 7.12 Å². The SMILES string of the molecule is CC(O)c1cc(C#N)cc(B2OC(C)(C)C(C)(C)O2)n1. The summed E-state index contributed by atoms with van der Waals surface area (Å²) in [6.45, 7) is 9.43. The zero-order chi connectivity index (χ0) is 15.1. The molecular weight excluding hydrogens is 255 g/mol. The van der Waals surface area contributed by atoms with Crippen LogP contribution in [0.4, 0.5) is 0 Å². The Balaban J connectivity index is 2.40. The molecule has 1 aromatic rings. The van der Waals surface area contributed by atoms with Crippen LogP contribution >= 0.6 is 0 Å². The minimum Gasteiger partial charge on any atom is -0.398 e. The second-order valence-corrected chi connectivity index (χ2v) is 6.08. The van der Waals surface area contributed by atoms with Crippen molar-refractivity contribution in [3.8, 4) is 6.07 Å². The molecule has 2 heterocycles. The van der Waals surface area contributed by atoms with Crippen LogP contribution in [0.3, 0.4) is 0 Å². The van der Waals surface area contributed by atoms with E-state index < -0.39 is 24.4 Å². The smallest absolute Gasteiger partial charge is 0.398 e. The van der Waals surface area contributed by atoms with Crippen LogP contribution < -0.4 is 5.59 Å². The van der Waals surface area contributed by atoms with Crippen LogP contribution in [-0.4, -0.2) is 28.4 Å². The zero-order valence-electron chi connectivity index (χ0n) is 12.5. The van der Waals surface area contributed by atoms with E-state index in [0.29, 0.717) is 16.9 Å². The van der Waals surface area contributed by atoms with Gasteiger partial charge in [0.25, 0.3) is 0 Å². The van der Waals surface area contributed by atoms with E-state index in [-0.39, 0.29) is 0 Å². The molecule has 0 radical (unpaired) electrons. The molecular formula is C14H19BN2O3. The molecule has 1 aliphatic heterocycles. The second-order valence-electron chi connectivity index (χ2n) is 6.08. The Morgan fingerprint density at radius 3 is 2.25 bits per heavy atom. The molecule has 0 aromatic carbocycles. The summed E-state index contributed by atoms with van der Waals surface area (Å²) in [7, 11) is -0.634. The fourth-order valence-corrected chi connectivity index (χ4v) is 1.94. The number of nitriles is 1. The lowest BCUT2D eigenvalue weighted by Gasteiger charge is -2.32. The van der Waals surface area contributed by atoms with Crippen molar-refractivity contribution < 1.29 is 14.4 Å². The maximum Gasteiger partial charge on any atom is 0.514 e. The first-order valence-corrected chi connectivity index (χ1v) is 6.62. The fourth-order valence-electron chi connectivity index (χ4n) is 1.94. The van der Waals surface area contributed by atoms with Crippen LogP contribution in [0.2, 0.25) is 0 Å². The monoisotopic (exact) mass is 274 g/mol. The molecule has 0 spiro atoms. The Bertz CT molecular complexity index is 548. The van der Waals surface area contributed by atoms with E-state index in [2.05, 4.69) is 11.1 Å². The highest BCUT2D eigenvalue weighted by Crippen LogP contribution is 2.36. The summed E-state index contributed by atoms with van der Waals surface area (Å²) in [5.74, 6) is 0. The number of aliphatic hydroxyl groups excluding tert-OH is 1. The van der Waals surface area contributed by atoms with Crippen molar-refractivity contribution in [1.82, 2.24) is 4.98 Å². The summed E-state index contributed by atoms with van der Waals surface area (Å²) in [6, 6.07) is 5.27. The molecule has 20 heavy (non-hydrogen) atoms. The molecule has 1 atom stereocenters. The molecule has 0 saturated carbocycles. The Morgan fingerprint density at radius 1 is 1.25 bits per heavy atom. The summed E-state index contributed by atoms with van der Waals surface area (Å²) in [4.78, 5) is 4.34. The topological polar surface area (TPSA) is 75.4 Å². The first-order chi connectivity index (χ1) is 9.16. The summed E-state index contributed by atoms with van der Waals surface area (Å²) in [5, 5.41) is 18.7. The Labute approximate surface area is 119 Å². The molecule has 1 fully saturated rings. The molecule has 2 rings (SSSR count). The van der Waals surface area contributed by atoms with E-state index in [4.69, 9.17) is 14.6 Å². The molecule has 0 aliphatic carbocycles. The summed E-state index contributed by atoms with van der Waals surface area (Å²) in [5.41, 5.74) is 0.452. The maximum absolute atomic E-state index is 9.66. The van der Waals surface area contributed by atoms with Crippen molar-refractivity contribution >= 4 is 12.7 Å². The van der Waals surface area contributed by atoms with Crippen molar-refractivity contribution in [3.63, 3.8) is 0 Å². The maximum atomic E-state index is 9.66. The predicted octanol–water partition coefficient (Wildman–Crippen LogP) is 1.31. The van der Waals surface area contributed by atoms with Crippen molar-refractivity contribution in [3.05, 3.63) is 23.4 Å². The van der Waals surface area contributed by atoms with Gasteiger partial charge in [-0.2, -0.15) is 5.26 Å². The number of hydrogen-bond acceptors (Lipinski definition) is 5. The van der Waals surface area contributed by atoms with E-state index in [1.165, 1.54) is 0 Å². The van der Waals surface area contributed by atoms with Crippen LogP contribution in [0.1, 0.15) is 52.0 Å². The van der Waals surface area contributed by atoms with Crippen LogP contribution in [0.15, 0.2) is 12.1 Å². The number of nitrogens with zero attached hydrogens (tertiary/aromatic N) is 2. The van der Waals surface area contributed by atoms with Gasteiger partial charge in [-0.3, -0.25) is 4.98 Å². The third-order valence-corrected chi connectivity index (χ3v) is 3.92. The van der Waals surface area contributed by atoms with Crippen LogP contribution in [0.5, 0.6) is 0 Å². The molecule has 1 aliphatic rings. The normalized spacial score (nSPS) is 21.6. The largest absolute Gasteiger partial charge is 0.514 e. The Morgan fingerprint density at radius 2 is 1.80 bits per heavy atom. The minimum absolute atomic E-state index is 0.431. The third kappa shape index (κ3) is 2.57. The van der Waals surface area contributed by atoms with Crippen LogP contribution in [0.25, 0.3) is 0 Å². The van der Waals surface area contributed by atoms with Crippen molar-refractivity contribution in [2.75, 3.05) is 0 Å². The van der Waals surface area contributed by atoms with Gasteiger partial charge in [0.15, 0.2) is 0 Å². The molecule has 1 unspecified atom stereocenters. The van der Waals surface area contributed by atoms with Gasteiger partial charge in [-0.25, -0.2) is 0 Å². The molecule has 1 aromatic heterocycles. The lowest BCUT2D eigenvalue weighted by molar-refractivity contribution is 0.00578. The number of hydrogen-bond donors (Lipinski definition) is 1. The van der Waals surface area contributed by atoms with Gasteiger partial charge in [0.2, 0.25) is 0 Å². The van der Waals surface area contributed by atoms with Crippen LogP contribution in [-0.2, 0) is 9.31 Å². The van der Waals surface area contributed by atoms with Crippen molar-refractivity contribution in [2.45, 2.75) is 51.9 Å². The van der Waals surface area contributed by atoms with Gasteiger partial charge in [-0.1, -0.05) is 0 Å². The second kappa shape index (κ2) is 4.85. The Kier molecular flexibility index (Phi) is 3.63. The molecule has 0 bridgehead atoms. The molecule has 0 amide bonds. The number of aliphatic hydroxyl groups is 1. The molecule has 6 heteroatoms. The van der Waals surface area contributed by atoms with Crippen molar-refractivity contribution in [2.24, 2.45) is 0 Å². The predicted molar refractivity (Wildman–Crippen MR) is 75.3 cm³/mol. The summed E-state index contributed by atoms with van der Waals surface area (Å²) < 4.78 is 11.8. The lowest BCUT2D eigenvalue weighted by Crippen LogP contribution is -2.41. The highest BCUT2D eigenvalue weighted by Gasteiger charge is 2.52. The molecule has 1 saturated heterocycles. The van der Waals surface area contributed by atoms with Gasteiger partial charge in [0.05, 0.1) is 40.2 Å². The summed E-state index contributed by atoms with van der Waals surface area (Å²) >= 11 is 0. The average Bonchev–Trinajstić information content (AvgIpc) is 2.58. The molecule has 5 nitrogen and oxygen atoms in total. The van der Waals surface area contributed by atoms with Crippen LogP contribution in [0, 0.1) is 11.3 Å². The van der Waals surface area contributed by atoms with Gasteiger partial charge in [0.1, 0.15) is 0 Å². The standard InChI is InChI=1S/C14H19BN2O3/c1-9(18)11-6-10(8-16)7-12(17-11)15-19-13(2,3)14(4,5)20-15/h6-7,9,18H,1-5H3. The summed E-state index contributed by atoms with van der Waals surface area (Å²) in [6.07, 6.45) is -0.746.